The van der Waals surface area contributed by atoms with E-state index in [1.54, 1.807) is 7.11 Å². The number of hydrogen-bond donors (Lipinski definition) is 2. The van der Waals surface area contributed by atoms with Crippen LogP contribution in [0, 0.1) is 0 Å². The maximum absolute atomic E-state index is 12.5. The second-order valence-corrected chi connectivity index (χ2v) is 9.63. The monoisotopic (exact) mass is 470 g/mol. The second-order valence-electron chi connectivity index (χ2n) is 8.57. The number of esters is 1. The summed E-state index contributed by atoms with van der Waals surface area (Å²) < 4.78 is 16.7. The van der Waals surface area contributed by atoms with E-state index >= 15 is 0 Å². The summed E-state index contributed by atoms with van der Waals surface area (Å²) in [5, 5.41) is 7.19. The van der Waals surface area contributed by atoms with Crippen molar-refractivity contribution in [2.75, 3.05) is 26.1 Å². The number of methoxy groups -OCH3 is 2. The summed E-state index contributed by atoms with van der Waals surface area (Å²) in [7, 11) is 2.97. The van der Waals surface area contributed by atoms with Gasteiger partial charge in [0.15, 0.2) is 0 Å². The third kappa shape index (κ3) is 6.61. The van der Waals surface area contributed by atoms with E-state index in [0.717, 1.165) is 15.6 Å². The van der Waals surface area contributed by atoms with Gasteiger partial charge in [-0.15, -0.1) is 11.3 Å². The fourth-order valence-electron chi connectivity index (χ4n) is 3.38. The molecule has 1 atom stereocenters. The summed E-state index contributed by atoms with van der Waals surface area (Å²) in [5.41, 5.74) is 1.16. The number of rotatable bonds is 8. The Morgan fingerprint density at radius 1 is 1.06 bits per heavy atom. The van der Waals surface area contributed by atoms with Gasteiger partial charge in [-0.1, -0.05) is 30.3 Å². The maximum atomic E-state index is 12.5. The molecule has 2 N–H and O–H groups in total. The van der Waals surface area contributed by atoms with E-state index in [1.807, 2.05) is 69.3 Å². The molecule has 0 aliphatic rings. The molecule has 176 valence electrons. The molecule has 2 aromatic carbocycles. The molecule has 0 fully saturated rings. The van der Waals surface area contributed by atoms with Gasteiger partial charge in [0.2, 0.25) is 0 Å². The van der Waals surface area contributed by atoms with Crippen LogP contribution in [0.3, 0.4) is 0 Å². The van der Waals surface area contributed by atoms with Crippen molar-refractivity contribution in [2.45, 2.75) is 38.8 Å². The van der Waals surface area contributed by atoms with Crippen molar-refractivity contribution in [1.29, 1.82) is 0 Å². The first-order valence-electron chi connectivity index (χ1n) is 10.7. The highest BCUT2D eigenvalue weighted by atomic mass is 32.1. The molecule has 7 nitrogen and oxygen atoms in total. The Balaban J connectivity index is 1.93. The zero-order valence-corrected chi connectivity index (χ0v) is 20.4. The quantitative estimate of drug-likeness (QED) is 0.438. The fourth-order valence-corrected chi connectivity index (χ4v) is 4.45. The minimum Gasteiger partial charge on any atom is -0.497 e. The Hall–Kier alpha value is -3.26. The van der Waals surface area contributed by atoms with Gasteiger partial charge in [-0.25, -0.2) is 9.59 Å². The van der Waals surface area contributed by atoms with Crippen LogP contribution in [-0.2, 0) is 15.9 Å². The first-order chi connectivity index (χ1) is 15.7. The molecule has 0 unspecified atom stereocenters. The van der Waals surface area contributed by atoms with Crippen LogP contribution in [0.2, 0.25) is 0 Å². The van der Waals surface area contributed by atoms with E-state index in [2.05, 4.69) is 10.6 Å². The standard InChI is InChI=1S/C25H30N2O5S/c1-25(2,3)32-24(29)26-15-17(13-16-9-7-6-8-10-16)27-21-19-14-18(30-4)11-12-20(19)33-22(21)23(28)31-5/h6-12,14,17,27H,13,15H2,1-5H3,(H,26,29)/t17-/m1/s1. The van der Waals surface area contributed by atoms with Gasteiger partial charge >= 0.3 is 12.1 Å². The number of nitrogens with one attached hydrogen (secondary N) is 2. The summed E-state index contributed by atoms with van der Waals surface area (Å²) in [6.45, 7) is 5.76. The van der Waals surface area contributed by atoms with E-state index in [1.165, 1.54) is 18.4 Å². The van der Waals surface area contributed by atoms with Crippen molar-refractivity contribution in [2.24, 2.45) is 0 Å². The Kier molecular flexibility index (Phi) is 7.81. The second kappa shape index (κ2) is 10.6. The molecule has 0 saturated carbocycles. The number of amides is 1. The number of anilines is 1. The van der Waals surface area contributed by atoms with Gasteiger partial charge in [0.1, 0.15) is 16.2 Å². The minimum atomic E-state index is -0.593. The minimum absolute atomic E-state index is 0.215. The Bertz CT molecular complexity index is 1110. The van der Waals surface area contributed by atoms with Crippen molar-refractivity contribution in [3.05, 3.63) is 59.0 Å². The van der Waals surface area contributed by atoms with Crippen LogP contribution in [0.25, 0.3) is 10.1 Å². The normalized spacial score (nSPS) is 12.2. The molecule has 0 radical (unpaired) electrons. The van der Waals surface area contributed by atoms with Crippen LogP contribution in [0.4, 0.5) is 10.5 Å². The number of alkyl carbamates (subject to hydrolysis) is 1. The zero-order valence-electron chi connectivity index (χ0n) is 19.6. The lowest BCUT2D eigenvalue weighted by atomic mass is 10.0. The van der Waals surface area contributed by atoms with E-state index in [4.69, 9.17) is 14.2 Å². The predicted octanol–water partition coefficient (Wildman–Crippen LogP) is 5.24. The molecular formula is C25H30N2O5S. The number of benzene rings is 2. The summed E-state index contributed by atoms with van der Waals surface area (Å²) in [6, 6.07) is 15.4. The van der Waals surface area contributed by atoms with Crippen molar-refractivity contribution < 1.29 is 23.8 Å². The molecule has 0 spiro atoms. The first kappa shape index (κ1) is 24.4. The maximum Gasteiger partial charge on any atom is 0.407 e. The predicted molar refractivity (Wildman–Crippen MR) is 132 cm³/mol. The molecule has 0 bridgehead atoms. The van der Waals surface area contributed by atoms with Crippen LogP contribution in [0.5, 0.6) is 5.75 Å². The van der Waals surface area contributed by atoms with Crippen LogP contribution in [0.1, 0.15) is 36.0 Å². The highest BCUT2D eigenvalue weighted by molar-refractivity contribution is 7.21. The largest absolute Gasteiger partial charge is 0.497 e. The van der Waals surface area contributed by atoms with Gasteiger partial charge in [-0.3, -0.25) is 0 Å². The van der Waals surface area contributed by atoms with Gasteiger partial charge in [-0.05, 0) is 51.0 Å². The Morgan fingerprint density at radius 3 is 2.42 bits per heavy atom. The molecule has 0 aliphatic carbocycles. The average molecular weight is 471 g/mol. The molecule has 0 saturated heterocycles. The number of hydrogen-bond acceptors (Lipinski definition) is 7. The number of carbonyl (C=O) groups excluding carboxylic acids is 2. The van der Waals surface area contributed by atoms with Gasteiger partial charge in [0.05, 0.1) is 19.9 Å². The number of fused-ring (bicyclic) bond motifs is 1. The molecule has 3 rings (SSSR count). The average Bonchev–Trinajstić information content (AvgIpc) is 3.14. The summed E-state index contributed by atoms with van der Waals surface area (Å²) in [6.07, 6.45) is 0.130. The van der Waals surface area contributed by atoms with Crippen LogP contribution < -0.4 is 15.4 Å². The van der Waals surface area contributed by atoms with Crippen molar-refractivity contribution in [1.82, 2.24) is 5.32 Å². The van der Waals surface area contributed by atoms with Crippen molar-refractivity contribution in [3.63, 3.8) is 0 Å². The van der Waals surface area contributed by atoms with Crippen LogP contribution in [0.15, 0.2) is 48.5 Å². The number of ether oxygens (including phenoxy) is 3. The van der Waals surface area contributed by atoms with Gasteiger partial charge in [-0.2, -0.15) is 0 Å². The van der Waals surface area contributed by atoms with Crippen LogP contribution >= 0.6 is 11.3 Å². The number of carbonyl (C=O) groups is 2. The lowest BCUT2D eigenvalue weighted by Gasteiger charge is -2.24. The molecular weight excluding hydrogens is 440 g/mol. The van der Waals surface area contributed by atoms with E-state index in [9.17, 15) is 9.59 Å². The smallest absolute Gasteiger partial charge is 0.407 e. The molecule has 1 aromatic heterocycles. The Labute approximate surface area is 198 Å². The van der Waals surface area contributed by atoms with Crippen molar-refractivity contribution in [3.8, 4) is 5.75 Å². The van der Waals surface area contributed by atoms with E-state index in [-0.39, 0.29) is 6.04 Å². The molecule has 0 aliphatic heterocycles. The molecule has 1 heterocycles. The summed E-state index contributed by atoms with van der Waals surface area (Å²) in [4.78, 5) is 25.3. The molecule has 33 heavy (non-hydrogen) atoms. The highest BCUT2D eigenvalue weighted by Gasteiger charge is 2.23. The van der Waals surface area contributed by atoms with E-state index < -0.39 is 17.7 Å². The summed E-state index contributed by atoms with van der Waals surface area (Å²) in [5.74, 6) is 0.266. The topological polar surface area (TPSA) is 85.9 Å². The highest BCUT2D eigenvalue weighted by Crippen LogP contribution is 2.38. The lowest BCUT2D eigenvalue weighted by Crippen LogP contribution is -2.40. The SMILES string of the molecule is COC(=O)c1sc2ccc(OC)cc2c1N[C@@H](CNC(=O)OC(C)(C)C)Cc1ccccc1. The molecule has 3 aromatic rings. The summed E-state index contributed by atoms with van der Waals surface area (Å²) >= 11 is 1.35. The molecule has 1 amide bonds. The third-order valence-corrected chi connectivity index (χ3v) is 5.98. The van der Waals surface area contributed by atoms with Gasteiger partial charge in [0.25, 0.3) is 0 Å². The van der Waals surface area contributed by atoms with Crippen LogP contribution in [-0.4, -0.2) is 44.5 Å². The van der Waals surface area contributed by atoms with Crippen molar-refractivity contribution >= 4 is 39.2 Å². The van der Waals surface area contributed by atoms with Gasteiger partial charge in [0, 0.05) is 22.7 Å². The number of thiophene rings is 1. The zero-order chi connectivity index (χ0) is 24.0. The third-order valence-electron chi connectivity index (χ3n) is 4.83. The fraction of sp³-hybridized carbons (Fsp3) is 0.360. The van der Waals surface area contributed by atoms with E-state index in [0.29, 0.717) is 29.3 Å². The first-order valence-corrected chi connectivity index (χ1v) is 11.5. The lowest BCUT2D eigenvalue weighted by molar-refractivity contribution is 0.0524. The molecule has 8 heteroatoms. The Morgan fingerprint density at radius 2 is 1.79 bits per heavy atom. The van der Waals surface area contributed by atoms with Gasteiger partial charge < -0.3 is 24.8 Å².